The van der Waals surface area contributed by atoms with Crippen molar-refractivity contribution in [1.82, 2.24) is 0 Å². The van der Waals surface area contributed by atoms with Crippen molar-refractivity contribution in [2.24, 2.45) is 0 Å². The van der Waals surface area contributed by atoms with Crippen LogP contribution in [0, 0.1) is 0 Å². The van der Waals surface area contributed by atoms with E-state index in [2.05, 4.69) is 0 Å². The topological polar surface area (TPSA) is 0 Å². The molecule has 0 aliphatic rings. The molecule has 0 N–H and O–H groups in total. The van der Waals surface area contributed by atoms with Gasteiger partial charge in [-0.1, -0.05) is 0 Å². The molecule has 0 saturated heterocycles. The number of hydrogen-bond acceptors (Lipinski definition) is 0. The standard InChI is InChI=1S/6C5H5.2ClH.Zr/c6*1-2-4-5-3-1;;;/h6*1-5H;2*1H;/q6*-1;;;/p-2. The summed E-state index contributed by atoms with van der Waals surface area (Å²) in [5, 5.41) is 0. The van der Waals surface area contributed by atoms with Crippen molar-refractivity contribution in [3.8, 4) is 0 Å². The Morgan fingerprint density at radius 2 is 0.303 bits per heavy atom. The molecular weight excluding hydrogens is 522 g/mol. The second kappa shape index (κ2) is 31.7. The minimum absolute atomic E-state index is 0. The second-order valence-electron chi connectivity index (χ2n) is 5.77. The fourth-order valence-corrected chi connectivity index (χ4v) is 1.92. The maximum atomic E-state index is 2.00. The first-order valence-corrected chi connectivity index (χ1v) is 10.0. The molecule has 3 heteroatoms. The van der Waals surface area contributed by atoms with Crippen molar-refractivity contribution < 1.29 is 51.0 Å². The third kappa shape index (κ3) is 29.6. The van der Waals surface area contributed by atoms with Crippen molar-refractivity contribution in [1.29, 1.82) is 0 Å². The molecule has 0 aromatic heterocycles. The van der Waals surface area contributed by atoms with E-state index in [0.717, 1.165) is 0 Å². The molecule has 0 atom stereocenters. The molecular formula is C30H30Cl2Zr-8. The van der Waals surface area contributed by atoms with Gasteiger partial charge < -0.3 is 24.8 Å². The molecule has 0 aliphatic heterocycles. The maximum Gasteiger partial charge on any atom is 0 e. The first-order valence-electron chi connectivity index (χ1n) is 10.0. The van der Waals surface area contributed by atoms with Crippen molar-refractivity contribution in [3.63, 3.8) is 0 Å². The molecule has 0 radical (unpaired) electrons. The van der Waals surface area contributed by atoms with Gasteiger partial charge in [0.05, 0.1) is 0 Å². The van der Waals surface area contributed by atoms with Gasteiger partial charge in [-0.3, -0.25) is 0 Å². The summed E-state index contributed by atoms with van der Waals surface area (Å²) in [5.74, 6) is 0. The summed E-state index contributed by atoms with van der Waals surface area (Å²) in [5.41, 5.74) is 0. The predicted octanol–water partition coefficient (Wildman–Crippen LogP) is 2.44. The molecule has 0 unspecified atom stereocenters. The Balaban J connectivity index is -0.000000321. The summed E-state index contributed by atoms with van der Waals surface area (Å²) >= 11 is 0. The second-order valence-corrected chi connectivity index (χ2v) is 5.77. The van der Waals surface area contributed by atoms with Gasteiger partial charge in [-0.2, -0.15) is 109 Å². The molecule has 0 bridgehead atoms. The molecule has 33 heavy (non-hydrogen) atoms. The van der Waals surface area contributed by atoms with Crippen molar-refractivity contribution >= 4 is 0 Å². The van der Waals surface area contributed by atoms with Gasteiger partial charge in [0.25, 0.3) is 0 Å². The van der Waals surface area contributed by atoms with Crippen LogP contribution in [0.15, 0.2) is 182 Å². The normalized spacial score (nSPS) is 7.27. The minimum Gasteiger partial charge on any atom is -1.00 e. The first kappa shape index (κ1) is 35.2. The smallest absolute Gasteiger partial charge is 0 e. The summed E-state index contributed by atoms with van der Waals surface area (Å²) in [6, 6.07) is 60.0. The quantitative estimate of drug-likeness (QED) is 0.254. The maximum absolute atomic E-state index is 2.00. The molecule has 176 valence electrons. The SMILES string of the molecule is [Cl-].[Cl-].[Zr].c1cc[cH-]c1.c1cc[cH-]c1.c1cc[cH-]c1.c1cc[cH-]c1.c1cc[cH-]c1.c1cc[cH-]c1. The summed E-state index contributed by atoms with van der Waals surface area (Å²) in [6.07, 6.45) is 0. The zero-order valence-corrected chi connectivity index (χ0v) is 22.5. The molecule has 6 rings (SSSR count). The van der Waals surface area contributed by atoms with E-state index in [0.29, 0.717) is 0 Å². The number of halogens is 2. The van der Waals surface area contributed by atoms with Crippen LogP contribution in [-0.2, 0) is 26.2 Å². The van der Waals surface area contributed by atoms with Crippen LogP contribution >= 0.6 is 0 Å². The predicted molar refractivity (Wildman–Crippen MR) is 132 cm³/mol. The van der Waals surface area contributed by atoms with Gasteiger partial charge >= 0.3 is 0 Å². The van der Waals surface area contributed by atoms with E-state index in [-0.39, 0.29) is 51.0 Å². The van der Waals surface area contributed by atoms with E-state index in [4.69, 9.17) is 0 Å². The summed E-state index contributed by atoms with van der Waals surface area (Å²) in [6.45, 7) is 0. The molecule has 0 amide bonds. The molecule has 6 aromatic carbocycles. The van der Waals surface area contributed by atoms with Crippen LogP contribution in [0.3, 0.4) is 0 Å². The van der Waals surface area contributed by atoms with Crippen molar-refractivity contribution in [2.45, 2.75) is 0 Å². The van der Waals surface area contributed by atoms with E-state index in [1.54, 1.807) is 0 Å². The molecule has 0 fully saturated rings. The fraction of sp³-hybridized carbons (Fsp3) is 0. The van der Waals surface area contributed by atoms with Gasteiger partial charge in [-0.05, 0) is 0 Å². The van der Waals surface area contributed by atoms with E-state index < -0.39 is 0 Å². The van der Waals surface area contributed by atoms with E-state index >= 15 is 0 Å². The average Bonchev–Trinajstić information content (AvgIpc) is 3.69. The van der Waals surface area contributed by atoms with Crippen LogP contribution in [0.1, 0.15) is 0 Å². The minimum atomic E-state index is 0. The van der Waals surface area contributed by atoms with Crippen LogP contribution in [0.5, 0.6) is 0 Å². The molecule has 0 nitrogen and oxygen atoms in total. The molecule has 6 aromatic rings. The monoisotopic (exact) mass is 550 g/mol. The Labute approximate surface area is 231 Å². The fourth-order valence-electron chi connectivity index (χ4n) is 1.92. The third-order valence-electron chi connectivity index (χ3n) is 3.33. The van der Waals surface area contributed by atoms with Crippen LogP contribution in [-0.4, -0.2) is 0 Å². The Kier molecular flexibility index (Phi) is 33.8. The van der Waals surface area contributed by atoms with E-state index in [1.807, 2.05) is 182 Å². The van der Waals surface area contributed by atoms with Crippen LogP contribution in [0.4, 0.5) is 0 Å². The molecule has 0 saturated carbocycles. The Morgan fingerprint density at radius 3 is 0.333 bits per heavy atom. The Morgan fingerprint density at radius 1 is 0.212 bits per heavy atom. The van der Waals surface area contributed by atoms with Crippen LogP contribution in [0.2, 0.25) is 0 Å². The van der Waals surface area contributed by atoms with Gasteiger partial charge in [-0.15, -0.1) is 0 Å². The van der Waals surface area contributed by atoms with Gasteiger partial charge in [0.1, 0.15) is 0 Å². The number of rotatable bonds is 0. The molecule has 0 heterocycles. The van der Waals surface area contributed by atoms with Gasteiger partial charge in [-0.25, -0.2) is 72.8 Å². The zero-order chi connectivity index (χ0) is 21.2. The van der Waals surface area contributed by atoms with E-state index in [1.165, 1.54) is 0 Å². The zero-order valence-electron chi connectivity index (χ0n) is 18.6. The van der Waals surface area contributed by atoms with Crippen molar-refractivity contribution in [2.75, 3.05) is 0 Å². The first-order chi connectivity index (χ1) is 15.0. The average molecular weight is 553 g/mol. The summed E-state index contributed by atoms with van der Waals surface area (Å²) in [4.78, 5) is 0. The molecule has 0 aliphatic carbocycles. The summed E-state index contributed by atoms with van der Waals surface area (Å²) in [7, 11) is 0. The summed E-state index contributed by atoms with van der Waals surface area (Å²) < 4.78 is 0. The number of hydrogen-bond donors (Lipinski definition) is 0. The molecule has 0 spiro atoms. The van der Waals surface area contributed by atoms with Crippen molar-refractivity contribution in [3.05, 3.63) is 182 Å². The van der Waals surface area contributed by atoms with Gasteiger partial charge in [0, 0.05) is 26.2 Å². The van der Waals surface area contributed by atoms with Gasteiger partial charge in [0.15, 0.2) is 0 Å². The Hall–Kier alpha value is -2.44. The van der Waals surface area contributed by atoms with Crippen LogP contribution in [0.25, 0.3) is 0 Å². The van der Waals surface area contributed by atoms with E-state index in [9.17, 15) is 0 Å². The third-order valence-corrected chi connectivity index (χ3v) is 3.33. The Bertz CT molecular complexity index is 560. The largest absolute Gasteiger partial charge is 1.00 e. The van der Waals surface area contributed by atoms with Gasteiger partial charge in [0.2, 0.25) is 0 Å². The van der Waals surface area contributed by atoms with Crippen LogP contribution < -0.4 is 24.8 Å².